The molecule has 2 aromatic carbocycles. The maximum atomic E-state index is 14.4. The number of nitrogens with one attached hydrogen (secondary N) is 1. The summed E-state index contributed by atoms with van der Waals surface area (Å²) in [5.41, 5.74) is -1.53. The number of ketones is 1. The molecule has 7 rings (SSSR count). The third-order valence-electron chi connectivity index (χ3n) is 16.4. The normalized spacial score (nSPS) is 37.6. The van der Waals surface area contributed by atoms with Gasteiger partial charge in [0.25, 0.3) is 0 Å². The van der Waals surface area contributed by atoms with Crippen molar-refractivity contribution < 1.29 is 68.3 Å². The zero-order valence-electron chi connectivity index (χ0n) is 46.1. The molecule has 3 aromatic rings. The first-order valence-corrected chi connectivity index (χ1v) is 28.5. The molecule has 4 aliphatic heterocycles. The van der Waals surface area contributed by atoms with Crippen LogP contribution < -0.4 is 5.32 Å². The minimum Gasteiger partial charge on any atom is -0.459 e. The number of likely N-dealkylation sites (N-methyl/N-ethyl adjacent to an activating group) is 1. The Balaban J connectivity index is 1.07. The Kier molecular flexibility index (Phi) is 19.6. The van der Waals surface area contributed by atoms with E-state index in [0.29, 0.717) is 25.9 Å². The number of cyclic esters (lactones) is 1. The number of ether oxygens (including phenoxy) is 6. The molecular formula is C58H82N2O14S2. The molecule has 4 aliphatic rings. The van der Waals surface area contributed by atoms with Gasteiger partial charge in [-0.05, 0) is 111 Å². The van der Waals surface area contributed by atoms with Gasteiger partial charge in [0.1, 0.15) is 29.7 Å². The number of hydrogen-bond donors (Lipinski definition) is 6. The summed E-state index contributed by atoms with van der Waals surface area (Å²) in [6.07, 6.45) is -6.69. The fraction of sp³-hybridized carbons (Fsp3) is 0.638. The van der Waals surface area contributed by atoms with Gasteiger partial charge in [0.15, 0.2) is 12.6 Å². The van der Waals surface area contributed by atoms with Gasteiger partial charge in [-0.2, -0.15) is 0 Å². The fourth-order valence-electron chi connectivity index (χ4n) is 11.8. The lowest BCUT2D eigenvalue weighted by atomic mass is 9.74. The van der Waals surface area contributed by atoms with E-state index in [1.165, 1.54) is 53.7 Å². The summed E-state index contributed by atoms with van der Waals surface area (Å²) in [7, 11) is 3.37. The van der Waals surface area contributed by atoms with Crippen molar-refractivity contribution >= 4 is 46.8 Å². The molecule has 16 nitrogen and oxygen atoms in total. The quantitative estimate of drug-likeness (QED) is 0.0441. The minimum absolute atomic E-state index is 0.0575. The Morgan fingerprint density at radius 2 is 1.54 bits per heavy atom. The van der Waals surface area contributed by atoms with Crippen LogP contribution in [0.4, 0.5) is 0 Å². The molecule has 420 valence electrons. The Bertz CT molecular complexity index is 2460. The van der Waals surface area contributed by atoms with Crippen LogP contribution in [-0.2, 0) is 42.8 Å². The third-order valence-corrected chi connectivity index (χ3v) is 18.7. The number of carbonyl (C=O) groups excluding carboxylic acids is 3. The van der Waals surface area contributed by atoms with Gasteiger partial charge in [-0.25, -0.2) is 0 Å². The molecule has 1 aromatic heterocycles. The number of nitrogens with zero attached hydrogens (tertiary/aromatic N) is 1. The first-order chi connectivity index (χ1) is 35.8. The van der Waals surface area contributed by atoms with Crippen LogP contribution in [0.15, 0.2) is 70.5 Å². The maximum Gasteiger partial charge on any atom is 0.311 e. The number of hydrogen-bond acceptors (Lipinski definition) is 17. The van der Waals surface area contributed by atoms with Crippen molar-refractivity contribution in [2.45, 2.75) is 195 Å². The molecule has 18 heteroatoms. The van der Waals surface area contributed by atoms with Crippen LogP contribution in [0.5, 0.6) is 0 Å². The second kappa shape index (κ2) is 24.8. The highest BCUT2D eigenvalue weighted by molar-refractivity contribution is 7.99. The van der Waals surface area contributed by atoms with Gasteiger partial charge >= 0.3 is 5.97 Å². The van der Waals surface area contributed by atoms with E-state index in [4.69, 9.17) is 28.4 Å². The Hall–Kier alpha value is -3.60. The van der Waals surface area contributed by atoms with Gasteiger partial charge in [0, 0.05) is 80.6 Å². The lowest BCUT2D eigenvalue weighted by Crippen LogP contribution is -2.61. The largest absolute Gasteiger partial charge is 0.459 e. The highest BCUT2D eigenvalue weighted by Gasteiger charge is 2.54. The van der Waals surface area contributed by atoms with E-state index < -0.39 is 120 Å². The van der Waals surface area contributed by atoms with E-state index >= 15 is 0 Å². The Labute approximate surface area is 456 Å². The average molecular weight is 1100 g/mol. The molecule has 5 heterocycles. The molecule has 0 spiro atoms. The topological polar surface area (TPSA) is 223 Å². The molecular weight excluding hydrogens is 1010 g/mol. The smallest absolute Gasteiger partial charge is 0.311 e. The number of thiophene rings is 1. The van der Waals surface area contributed by atoms with Crippen molar-refractivity contribution in [3.05, 3.63) is 65.6 Å². The number of fused-ring (bicyclic) bond motifs is 5. The summed E-state index contributed by atoms with van der Waals surface area (Å²) >= 11 is 3.42. The first-order valence-electron chi connectivity index (χ1n) is 26.9. The van der Waals surface area contributed by atoms with Crippen molar-refractivity contribution in [3.63, 3.8) is 0 Å². The van der Waals surface area contributed by atoms with E-state index in [2.05, 4.69) is 53.8 Å². The van der Waals surface area contributed by atoms with Crippen molar-refractivity contribution in [2.75, 3.05) is 27.2 Å². The average Bonchev–Trinajstić information content (AvgIpc) is 3.78. The third kappa shape index (κ3) is 13.0. The molecule has 0 saturated carbocycles. The summed E-state index contributed by atoms with van der Waals surface area (Å²) in [6, 6.07) is 18.4. The van der Waals surface area contributed by atoms with Gasteiger partial charge < -0.3 is 64.2 Å². The zero-order valence-corrected chi connectivity index (χ0v) is 47.8. The van der Waals surface area contributed by atoms with Crippen LogP contribution in [0.2, 0.25) is 0 Å². The maximum absolute atomic E-state index is 14.4. The predicted molar refractivity (Wildman–Crippen MR) is 291 cm³/mol. The molecule has 1 amide bonds. The Morgan fingerprint density at radius 1 is 0.882 bits per heavy atom. The zero-order chi connectivity index (χ0) is 55.6. The van der Waals surface area contributed by atoms with Crippen molar-refractivity contribution in [2.24, 2.45) is 23.7 Å². The second-order valence-electron chi connectivity index (χ2n) is 22.5. The van der Waals surface area contributed by atoms with E-state index in [1.807, 2.05) is 31.0 Å². The van der Waals surface area contributed by atoms with Gasteiger partial charge in [-0.1, -0.05) is 75.9 Å². The SMILES string of the molecule is CC[C@H]1OC(=O)[C@H](C)[C@@H](O[C@@H]2C[C@@](C)(OC)[C@@H](O)[C@@H](C)O2)[C@H](C)[C@@H](O[C@@H]2O[C@H](C)C[C@H](N(C)CCCNC(=O)/C=C/c3cc4c(s3)-c3ccccc3Sc3ccccc3-4)[C@H]2O)[C@](C)(O)C[C@@H](C)C(=O)[C@H](C)C(O)[C@]1(C)O. The molecule has 76 heavy (non-hydrogen) atoms. The number of aliphatic hydroxyl groups excluding tert-OH is 3. The summed E-state index contributed by atoms with van der Waals surface area (Å²) < 4.78 is 37.9. The molecule has 0 bridgehead atoms. The first kappa shape index (κ1) is 60.0. The summed E-state index contributed by atoms with van der Waals surface area (Å²) in [6.45, 7) is 17.2. The van der Waals surface area contributed by atoms with Crippen LogP contribution in [0.3, 0.4) is 0 Å². The fourth-order valence-corrected chi connectivity index (χ4v) is 14.1. The van der Waals surface area contributed by atoms with Gasteiger partial charge in [0.05, 0.1) is 47.6 Å². The van der Waals surface area contributed by atoms with E-state index in [0.717, 1.165) is 10.4 Å². The Morgan fingerprint density at radius 3 is 2.21 bits per heavy atom. The monoisotopic (exact) mass is 1090 g/mol. The van der Waals surface area contributed by atoms with Crippen molar-refractivity contribution in [3.8, 4) is 21.6 Å². The standard InChI is InChI=1S/C58H82N2O14S2/c1-13-44-58(10,68)51(64)33(4)47(62)31(2)29-56(8,67)53(34(5)49(35(6)54(66)72-44)73-46-30-57(9,69-12)52(65)36(7)71-46)74-55-48(63)41(27-32(3)70-55)60(11)26-18-25-59-45(61)24-23-37-28-40-38-19-14-16-21-42(38)76-43-22-17-15-20-39(43)50(40)75-37/h14-17,19-24,28,31-36,41,44,46,48-49,51-53,55,63-65,67-68H,13,18,25-27,29-30H2,1-12H3,(H,59,61)/b24-23+/t31-,32-,33+,34+,35-,36-,41+,44-,46-,48-,49+,51?,52+,53-,55+,56-,57-,58-/m1/s1. The van der Waals surface area contributed by atoms with Crippen LogP contribution in [-0.4, -0.2) is 160 Å². The molecule has 1 unspecified atom stereocenters. The highest BCUT2D eigenvalue weighted by atomic mass is 32.2. The van der Waals surface area contributed by atoms with E-state index in [1.54, 1.807) is 70.7 Å². The molecule has 3 fully saturated rings. The molecule has 6 N–H and O–H groups in total. The number of amides is 1. The van der Waals surface area contributed by atoms with Crippen molar-refractivity contribution in [1.82, 2.24) is 10.2 Å². The number of benzene rings is 2. The van der Waals surface area contributed by atoms with Crippen LogP contribution in [0.1, 0.15) is 106 Å². The van der Waals surface area contributed by atoms with Gasteiger partial charge in [-0.15, -0.1) is 11.3 Å². The molecule has 0 radical (unpaired) electrons. The second-order valence-corrected chi connectivity index (χ2v) is 24.6. The summed E-state index contributed by atoms with van der Waals surface area (Å²) in [5, 5.41) is 62.3. The van der Waals surface area contributed by atoms with Crippen LogP contribution in [0, 0.1) is 23.7 Å². The summed E-state index contributed by atoms with van der Waals surface area (Å²) in [4.78, 5) is 48.2. The molecule has 18 atom stereocenters. The van der Waals surface area contributed by atoms with Crippen LogP contribution in [0.25, 0.3) is 27.6 Å². The van der Waals surface area contributed by atoms with Crippen LogP contribution >= 0.6 is 23.1 Å². The lowest BCUT2D eigenvalue weighted by molar-refractivity contribution is -0.318. The molecule has 3 saturated heterocycles. The van der Waals surface area contributed by atoms with E-state index in [-0.39, 0.29) is 25.2 Å². The number of Topliss-reactive ketones (excluding diaryl/α,β-unsaturated/α-hetero) is 1. The molecule has 0 aliphatic carbocycles. The summed E-state index contributed by atoms with van der Waals surface area (Å²) in [5.74, 6) is -5.50. The van der Waals surface area contributed by atoms with E-state index in [9.17, 15) is 39.9 Å². The number of carbonyl (C=O) groups is 3. The lowest BCUT2D eigenvalue weighted by Gasteiger charge is -2.49. The predicted octanol–water partition coefficient (Wildman–Crippen LogP) is 7.24. The van der Waals surface area contributed by atoms with Gasteiger partial charge in [0.2, 0.25) is 5.91 Å². The number of rotatable bonds is 13. The highest BCUT2D eigenvalue weighted by Crippen LogP contribution is 2.51. The van der Waals surface area contributed by atoms with Gasteiger partial charge in [-0.3, -0.25) is 14.4 Å². The number of methoxy groups -OCH3 is 1. The van der Waals surface area contributed by atoms with Crippen molar-refractivity contribution in [1.29, 1.82) is 0 Å². The number of aliphatic hydroxyl groups is 5. The number of esters is 1. The minimum atomic E-state index is -2.04.